The molecule has 6 heteroatoms. The molecule has 0 bridgehead atoms. The van der Waals surface area contributed by atoms with Crippen molar-refractivity contribution in [3.8, 4) is 0 Å². The molecule has 20 heavy (non-hydrogen) atoms. The van der Waals surface area contributed by atoms with Gasteiger partial charge in [-0.2, -0.15) is 0 Å². The molecule has 1 aromatic rings. The molecule has 2 unspecified atom stereocenters. The highest BCUT2D eigenvalue weighted by Crippen LogP contribution is 2.30. The molecule has 1 aromatic carbocycles. The Bertz CT molecular complexity index is 439. The van der Waals surface area contributed by atoms with E-state index in [4.69, 9.17) is 4.74 Å². The predicted molar refractivity (Wildman–Crippen MR) is 80.3 cm³/mol. The summed E-state index contributed by atoms with van der Waals surface area (Å²) < 4.78 is 5.56. The number of rotatable bonds is 6. The number of non-ortho nitro benzene ring substituents is 1. The van der Waals surface area contributed by atoms with Crippen molar-refractivity contribution in [2.45, 2.75) is 36.0 Å². The second-order valence-corrected chi connectivity index (χ2v) is 6.14. The van der Waals surface area contributed by atoms with Gasteiger partial charge in [-0.1, -0.05) is 6.92 Å². The Hall–Kier alpha value is -1.11. The maximum atomic E-state index is 10.6. The number of hydrogen-bond donors (Lipinski definition) is 1. The summed E-state index contributed by atoms with van der Waals surface area (Å²) in [5, 5.41) is 14.6. The number of benzene rings is 1. The number of nitrogens with zero attached hydrogens (tertiary/aromatic N) is 1. The molecule has 2 atom stereocenters. The summed E-state index contributed by atoms with van der Waals surface area (Å²) >= 11 is 1.73. The maximum absolute atomic E-state index is 10.6. The molecule has 1 saturated heterocycles. The molecule has 0 radical (unpaired) electrons. The fourth-order valence-electron chi connectivity index (χ4n) is 2.21. The van der Waals surface area contributed by atoms with Crippen molar-refractivity contribution in [2.24, 2.45) is 0 Å². The van der Waals surface area contributed by atoms with E-state index >= 15 is 0 Å². The maximum Gasteiger partial charge on any atom is 0.269 e. The average molecular weight is 296 g/mol. The van der Waals surface area contributed by atoms with Gasteiger partial charge in [0.05, 0.1) is 11.5 Å². The van der Waals surface area contributed by atoms with Crippen molar-refractivity contribution < 1.29 is 9.66 Å². The minimum Gasteiger partial charge on any atom is -0.380 e. The van der Waals surface area contributed by atoms with Crippen LogP contribution in [0.4, 0.5) is 5.69 Å². The lowest BCUT2D eigenvalue weighted by atomic mass is 10.1. The fraction of sp³-hybridized carbons (Fsp3) is 0.571. The van der Waals surface area contributed by atoms with Crippen LogP contribution in [0.25, 0.3) is 0 Å². The third kappa shape index (κ3) is 4.19. The summed E-state index contributed by atoms with van der Waals surface area (Å²) in [5.41, 5.74) is 0.134. The van der Waals surface area contributed by atoms with E-state index in [1.54, 1.807) is 23.9 Å². The largest absolute Gasteiger partial charge is 0.380 e. The topological polar surface area (TPSA) is 64.4 Å². The Morgan fingerprint density at radius 2 is 2.20 bits per heavy atom. The molecule has 0 spiro atoms. The second kappa shape index (κ2) is 7.61. The Morgan fingerprint density at radius 1 is 1.45 bits per heavy atom. The van der Waals surface area contributed by atoms with Crippen molar-refractivity contribution in [1.29, 1.82) is 0 Å². The molecule has 0 aromatic heterocycles. The van der Waals surface area contributed by atoms with E-state index in [2.05, 4.69) is 12.2 Å². The van der Waals surface area contributed by atoms with Crippen LogP contribution < -0.4 is 5.32 Å². The van der Waals surface area contributed by atoms with Crippen molar-refractivity contribution in [3.05, 3.63) is 34.4 Å². The standard InChI is InChI=1S/C14H20N2O3S/c1-2-8-15-13-7-9-19-10-14(13)20-12-5-3-11(4-6-12)16(17)18/h3-6,13-15H,2,7-10H2,1H3. The van der Waals surface area contributed by atoms with Crippen LogP contribution in [0.3, 0.4) is 0 Å². The number of nitrogens with one attached hydrogen (secondary N) is 1. The first-order valence-corrected chi connectivity index (χ1v) is 7.81. The highest BCUT2D eigenvalue weighted by molar-refractivity contribution is 8.00. The van der Waals surface area contributed by atoms with E-state index in [9.17, 15) is 10.1 Å². The van der Waals surface area contributed by atoms with Gasteiger partial charge in [-0.3, -0.25) is 10.1 Å². The molecule has 1 heterocycles. The molecule has 0 amide bonds. The molecule has 1 fully saturated rings. The lowest BCUT2D eigenvalue weighted by Gasteiger charge is -2.31. The lowest BCUT2D eigenvalue weighted by molar-refractivity contribution is -0.384. The van der Waals surface area contributed by atoms with Gasteiger partial charge in [0, 0.05) is 34.9 Å². The smallest absolute Gasteiger partial charge is 0.269 e. The molecule has 1 N–H and O–H groups in total. The van der Waals surface area contributed by atoms with Gasteiger partial charge in [-0.25, -0.2) is 0 Å². The van der Waals surface area contributed by atoms with E-state index < -0.39 is 0 Å². The summed E-state index contributed by atoms with van der Waals surface area (Å²) in [6.07, 6.45) is 2.14. The second-order valence-electron chi connectivity index (χ2n) is 4.83. The molecule has 0 saturated carbocycles. The molecule has 1 aliphatic heterocycles. The molecular weight excluding hydrogens is 276 g/mol. The summed E-state index contributed by atoms with van der Waals surface area (Å²) in [6.45, 7) is 4.70. The van der Waals surface area contributed by atoms with Crippen LogP contribution in [0.5, 0.6) is 0 Å². The van der Waals surface area contributed by atoms with Gasteiger partial charge in [0.15, 0.2) is 0 Å². The van der Waals surface area contributed by atoms with Gasteiger partial charge < -0.3 is 10.1 Å². The van der Waals surface area contributed by atoms with Crippen LogP contribution in [0, 0.1) is 10.1 Å². The zero-order valence-corrected chi connectivity index (χ0v) is 12.4. The summed E-state index contributed by atoms with van der Waals surface area (Å²) in [7, 11) is 0. The summed E-state index contributed by atoms with van der Waals surface area (Å²) in [6, 6.07) is 7.19. The first kappa shape index (κ1) is 15.3. The third-order valence-electron chi connectivity index (χ3n) is 3.30. The summed E-state index contributed by atoms with van der Waals surface area (Å²) in [4.78, 5) is 11.3. The predicted octanol–water partition coefficient (Wildman–Crippen LogP) is 2.84. The highest BCUT2D eigenvalue weighted by Gasteiger charge is 2.26. The third-order valence-corrected chi connectivity index (χ3v) is 4.61. The molecule has 1 aliphatic rings. The molecule has 5 nitrogen and oxygen atoms in total. The van der Waals surface area contributed by atoms with Crippen LogP contribution >= 0.6 is 11.8 Å². The Kier molecular flexibility index (Phi) is 5.82. The van der Waals surface area contributed by atoms with Crippen molar-refractivity contribution in [3.63, 3.8) is 0 Å². The van der Waals surface area contributed by atoms with Crippen LogP contribution in [-0.2, 0) is 4.74 Å². The van der Waals surface area contributed by atoms with E-state index in [0.717, 1.165) is 37.5 Å². The van der Waals surface area contributed by atoms with E-state index in [0.29, 0.717) is 11.3 Å². The number of nitro groups is 1. The summed E-state index contributed by atoms with van der Waals surface area (Å²) in [5.74, 6) is 0. The van der Waals surface area contributed by atoms with Crippen LogP contribution in [0.2, 0.25) is 0 Å². The van der Waals surface area contributed by atoms with Crippen LogP contribution in [-0.4, -0.2) is 36.0 Å². The zero-order valence-electron chi connectivity index (χ0n) is 11.6. The van der Waals surface area contributed by atoms with Crippen molar-refractivity contribution in [2.75, 3.05) is 19.8 Å². The van der Waals surface area contributed by atoms with Gasteiger partial charge >= 0.3 is 0 Å². The minimum absolute atomic E-state index is 0.134. The Labute approximate surface area is 123 Å². The first-order chi connectivity index (χ1) is 9.70. The van der Waals surface area contributed by atoms with E-state index in [1.165, 1.54) is 0 Å². The SMILES string of the molecule is CCCNC1CCOCC1Sc1ccc([N+](=O)[O-])cc1. The molecule has 2 rings (SSSR count). The van der Waals surface area contributed by atoms with Gasteiger partial charge in [-0.05, 0) is 31.5 Å². The van der Waals surface area contributed by atoms with E-state index in [-0.39, 0.29) is 10.6 Å². The lowest BCUT2D eigenvalue weighted by Crippen LogP contribution is -2.45. The van der Waals surface area contributed by atoms with Crippen molar-refractivity contribution in [1.82, 2.24) is 5.32 Å². The molecular formula is C14H20N2O3S. The molecule has 0 aliphatic carbocycles. The Morgan fingerprint density at radius 3 is 2.85 bits per heavy atom. The minimum atomic E-state index is -0.371. The van der Waals surface area contributed by atoms with Gasteiger partial charge in [0.25, 0.3) is 5.69 Å². The van der Waals surface area contributed by atoms with Gasteiger partial charge in [0.1, 0.15) is 0 Å². The average Bonchev–Trinajstić information content (AvgIpc) is 2.47. The fourth-order valence-corrected chi connectivity index (χ4v) is 3.42. The zero-order chi connectivity index (χ0) is 14.4. The van der Waals surface area contributed by atoms with Crippen LogP contribution in [0.15, 0.2) is 29.2 Å². The quantitative estimate of drug-likeness (QED) is 0.646. The normalized spacial score (nSPS) is 22.6. The Balaban J connectivity index is 1.97. The highest BCUT2D eigenvalue weighted by atomic mass is 32.2. The number of thioether (sulfide) groups is 1. The van der Waals surface area contributed by atoms with E-state index in [1.807, 2.05) is 12.1 Å². The monoisotopic (exact) mass is 296 g/mol. The van der Waals surface area contributed by atoms with Crippen LogP contribution in [0.1, 0.15) is 19.8 Å². The number of nitro benzene ring substituents is 1. The van der Waals surface area contributed by atoms with Crippen molar-refractivity contribution >= 4 is 17.4 Å². The van der Waals surface area contributed by atoms with Gasteiger partial charge in [0.2, 0.25) is 0 Å². The number of ether oxygens (including phenoxy) is 1. The first-order valence-electron chi connectivity index (χ1n) is 6.93. The molecule has 110 valence electrons. The van der Waals surface area contributed by atoms with Gasteiger partial charge in [-0.15, -0.1) is 11.8 Å². The number of hydrogen-bond acceptors (Lipinski definition) is 5.